The predicted molar refractivity (Wildman–Crippen MR) is 82.7 cm³/mol. The van der Waals surface area contributed by atoms with Gasteiger partial charge in [0, 0.05) is 6.20 Å². The second-order valence-corrected chi connectivity index (χ2v) is 5.32. The highest BCUT2D eigenvalue weighted by Crippen LogP contribution is 2.19. The minimum absolute atomic E-state index is 0.0147. The van der Waals surface area contributed by atoms with Crippen molar-refractivity contribution in [3.8, 4) is 5.75 Å². The maximum atomic E-state index is 11.3. The minimum Gasteiger partial charge on any atom is -0.486 e. The van der Waals surface area contributed by atoms with E-state index in [-0.39, 0.29) is 12.3 Å². The Balaban J connectivity index is 1.94. The monoisotopic (exact) mass is 316 g/mol. The highest BCUT2D eigenvalue weighted by Gasteiger charge is 2.17. The summed E-state index contributed by atoms with van der Waals surface area (Å²) in [6.07, 6.45) is 1.63. The molecule has 0 bridgehead atoms. The highest BCUT2D eigenvalue weighted by molar-refractivity contribution is 6.30. The first kappa shape index (κ1) is 14.4. The van der Waals surface area contributed by atoms with Crippen LogP contribution in [0.5, 0.6) is 5.75 Å². The van der Waals surface area contributed by atoms with Gasteiger partial charge >= 0.3 is 5.97 Å². The van der Waals surface area contributed by atoms with Crippen molar-refractivity contribution in [3.63, 3.8) is 0 Å². The van der Waals surface area contributed by atoms with Crippen LogP contribution < -0.4 is 4.74 Å². The van der Waals surface area contributed by atoms with Gasteiger partial charge in [0.05, 0.1) is 10.5 Å². The molecular formula is C16H13ClN2O3. The fraction of sp³-hybridized carbons (Fsp3) is 0.125. The summed E-state index contributed by atoms with van der Waals surface area (Å²) < 4.78 is 7.31. The number of nitrogens with zero attached hydrogens (tertiary/aromatic N) is 2. The summed E-state index contributed by atoms with van der Waals surface area (Å²) in [7, 11) is 0. The number of aromatic nitrogens is 2. The molecule has 1 aromatic carbocycles. The van der Waals surface area contributed by atoms with Crippen molar-refractivity contribution in [2.45, 2.75) is 13.5 Å². The molecule has 0 amide bonds. The Kier molecular flexibility index (Phi) is 3.73. The molecule has 2 aromatic heterocycles. The van der Waals surface area contributed by atoms with Gasteiger partial charge in [0.2, 0.25) is 0 Å². The lowest BCUT2D eigenvalue weighted by Gasteiger charge is -2.06. The van der Waals surface area contributed by atoms with Gasteiger partial charge in [-0.25, -0.2) is 9.78 Å². The van der Waals surface area contributed by atoms with Crippen LogP contribution in [0.15, 0.2) is 42.6 Å². The zero-order valence-corrected chi connectivity index (χ0v) is 12.5. The summed E-state index contributed by atoms with van der Waals surface area (Å²) in [6, 6.07) is 10.9. The third kappa shape index (κ3) is 2.76. The molecule has 2 heterocycles. The molecule has 0 aliphatic carbocycles. The molecule has 3 aromatic rings. The van der Waals surface area contributed by atoms with Crippen molar-refractivity contribution in [2.75, 3.05) is 0 Å². The van der Waals surface area contributed by atoms with Gasteiger partial charge in [0.25, 0.3) is 0 Å². The van der Waals surface area contributed by atoms with E-state index in [2.05, 4.69) is 4.98 Å². The second-order valence-electron chi connectivity index (χ2n) is 4.89. The SMILES string of the molecule is Cc1ccc(OCc2nc(C(=O)O)c3ccc(Cl)cn23)cc1. The van der Waals surface area contributed by atoms with E-state index in [1.165, 1.54) is 0 Å². The molecular weight excluding hydrogens is 304 g/mol. The lowest BCUT2D eigenvalue weighted by Crippen LogP contribution is -2.01. The van der Waals surface area contributed by atoms with Crippen LogP contribution in [-0.4, -0.2) is 20.5 Å². The quantitative estimate of drug-likeness (QED) is 0.799. The van der Waals surface area contributed by atoms with Gasteiger partial charge < -0.3 is 9.84 Å². The van der Waals surface area contributed by atoms with E-state index in [0.717, 1.165) is 5.56 Å². The van der Waals surface area contributed by atoms with Crippen molar-refractivity contribution < 1.29 is 14.6 Å². The van der Waals surface area contributed by atoms with Crippen molar-refractivity contribution in [1.82, 2.24) is 9.38 Å². The molecule has 1 N–H and O–H groups in total. The van der Waals surface area contributed by atoms with Crippen LogP contribution >= 0.6 is 11.6 Å². The lowest BCUT2D eigenvalue weighted by molar-refractivity contribution is 0.0693. The lowest BCUT2D eigenvalue weighted by atomic mass is 10.2. The normalized spacial score (nSPS) is 10.8. The molecule has 0 unspecified atom stereocenters. The van der Waals surface area contributed by atoms with Crippen LogP contribution in [0.1, 0.15) is 21.9 Å². The van der Waals surface area contributed by atoms with Gasteiger partial charge in [-0.15, -0.1) is 0 Å². The average Bonchev–Trinajstić information content (AvgIpc) is 2.85. The Morgan fingerprint density at radius 1 is 1.27 bits per heavy atom. The van der Waals surface area contributed by atoms with Crippen molar-refractivity contribution >= 4 is 23.1 Å². The van der Waals surface area contributed by atoms with Gasteiger partial charge in [-0.1, -0.05) is 29.3 Å². The van der Waals surface area contributed by atoms with Crippen LogP contribution in [0.4, 0.5) is 0 Å². The van der Waals surface area contributed by atoms with E-state index in [4.69, 9.17) is 16.3 Å². The molecule has 0 aliphatic rings. The summed E-state index contributed by atoms with van der Waals surface area (Å²) in [5.74, 6) is 0.0955. The number of hydrogen-bond donors (Lipinski definition) is 1. The summed E-state index contributed by atoms with van der Waals surface area (Å²) in [4.78, 5) is 15.4. The van der Waals surface area contributed by atoms with Gasteiger partial charge in [0.1, 0.15) is 12.4 Å². The van der Waals surface area contributed by atoms with Crippen molar-refractivity contribution in [2.24, 2.45) is 0 Å². The van der Waals surface area contributed by atoms with Crippen LogP contribution in [0.25, 0.3) is 5.52 Å². The number of halogens is 1. The molecule has 0 fully saturated rings. The molecule has 112 valence electrons. The molecule has 6 heteroatoms. The first-order valence-electron chi connectivity index (χ1n) is 6.64. The maximum Gasteiger partial charge on any atom is 0.356 e. The summed E-state index contributed by atoms with van der Waals surface area (Å²) in [5.41, 5.74) is 1.61. The standard InChI is InChI=1S/C16H13ClN2O3/c1-10-2-5-12(6-3-10)22-9-14-18-15(16(20)21)13-7-4-11(17)8-19(13)14/h2-8H,9H2,1H3,(H,20,21). The summed E-state index contributed by atoms with van der Waals surface area (Å²) >= 11 is 5.98. The third-order valence-electron chi connectivity index (χ3n) is 3.27. The largest absolute Gasteiger partial charge is 0.486 e. The summed E-state index contributed by atoms with van der Waals surface area (Å²) in [6.45, 7) is 2.14. The number of ether oxygens (including phenoxy) is 1. The Labute approximate surface area is 131 Å². The van der Waals surface area contributed by atoms with E-state index < -0.39 is 5.97 Å². The van der Waals surface area contributed by atoms with Gasteiger partial charge in [-0.05, 0) is 31.2 Å². The molecule has 3 rings (SSSR count). The molecule has 0 saturated heterocycles. The van der Waals surface area contributed by atoms with E-state index in [9.17, 15) is 9.90 Å². The number of aromatic carboxylic acids is 1. The number of pyridine rings is 1. The first-order chi connectivity index (χ1) is 10.5. The van der Waals surface area contributed by atoms with Crippen LogP contribution in [0.3, 0.4) is 0 Å². The van der Waals surface area contributed by atoms with Crippen LogP contribution in [0, 0.1) is 6.92 Å². The number of fused-ring (bicyclic) bond motifs is 1. The Bertz CT molecular complexity index is 840. The Morgan fingerprint density at radius 3 is 2.68 bits per heavy atom. The zero-order valence-electron chi connectivity index (χ0n) is 11.8. The van der Waals surface area contributed by atoms with Crippen molar-refractivity contribution in [3.05, 3.63) is 64.7 Å². The number of benzene rings is 1. The first-order valence-corrected chi connectivity index (χ1v) is 7.01. The fourth-order valence-electron chi connectivity index (χ4n) is 2.16. The predicted octanol–water partition coefficient (Wildman–Crippen LogP) is 3.57. The molecule has 5 nitrogen and oxygen atoms in total. The minimum atomic E-state index is -1.08. The van der Waals surface area contributed by atoms with E-state index in [1.807, 2.05) is 31.2 Å². The number of aryl methyl sites for hydroxylation is 1. The van der Waals surface area contributed by atoms with Gasteiger partial charge in [-0.2, -0.15) is 0 Å². The van der Waals surface area contributed by atoms with Crippen LogP contribution in [0.2, 0.25) is 5.02 Å². The van der Waals surface area contributed by atoms with Gasteiger partial charge in [-0.3, -0.25) is 4.40 Å². The van der Waals surface area contributed by atoms with E-state index in [1.54, 1.807) is 22.7 Å². The number of hydrogen-bond acceptors (Lipinski definition) is 3. The fourth-order valence-corrected chi connectivity index (χ4v) is 2.32. The number of rotatable bonds is 4. The van der Waals surface area contributed by atoms with E-state index >= 15 is 0 Å². The molecule has 0 aliphatic heterocycles. The van der Waals surface area contributed by atoms with Gasteiger partial charge in [0.15, 0.2) is 11.5 Å². The number of carboxylic acid groups (broad SMARTS) is 1. The average molecular weight is 317 g/mol. The van der Waals surface area contributed by atoms with Crippen LogP contribution in [-0.2, 0) is 6.61 Å². The number of carbonyl (C=O) groups is 1. The Hall–Kier alpha value is -2.53. The Morgan fingerprint density at radius 2 is 2.00 bits per heavy atom. The van der Waals surface area contributed by atoms with Crippen molar-refractivity contribution in [1.29, 1.82) is 0 Å². The molecule has 0 atom stereocenters. The molecule has 0 radical (unpaired) electrons. The van der Waals surface area contributed by atoms with E-state index in [0.29, 0.717) is 22.1 Å². The molecule has 0 saturated carbocycles. The topological polar surface area (TPSA) is 63.8 Å². The third-order valence-corrected chi connectivity index (χ3v) is 3.49. The number of carboxylic acids is 1. The highest BCUT2D eigenvalue weighted by atomic mass is 35.5. The summed E-state index contributed by atoms with van der Waals surface area (Å²) in [5, 5.41) is 9.73. The molecule has 0 spiro atoms. The second kappa shape index (κ2) is 5.69. The molecule has 22 heavy (non-hydrogen) atoms. The smallest absolute Gasteiger partial charge is 0.356 e. The zero-order chi connectivity index (χ0) is 15.7. The number of imidazole rings is 1. The maximum absolute atomic E-state index is 11.3.